The SMILES string of the molecule is N#Cc1cc2nc(N)c3cncn3c2cc1C(=O)N(C1CC1)C1COc2nc(C(F)(F)F)ccc21. The van der Waals surface area contributed by atoms with Gasteiger partial charge in [-0.15, -0.1) is 0 Å². The number of carbonyl (C=O) groups excluding carboxylic acids is 1. The Kier molecular flexibility index (Phi) is 4.41. The third-order valence-corrected chi connectivity index (χ3v) is 6.29. The fourth-order valence-electron chi connectivity index (χ4n) is 4.50. The van der Waals surface area contributed by atoms with Crippen molar-refractivity contribution >= 4 is 28.3 Å². The van der Waals surface area contributed by atoms with E-state index >= 15 is 0 Å². The number of alkyl halides is 3. The monoisotopic (exact) mass is 479 g/mol. The van der Waals surface area contributed by atoms with Gasteiger partial charge in [-0.25, -0.2) is 15.0 Å². The number of nitriles is 1. The van der Waals surface area contributed by atoms with E-state index in [1.807, 2.05) is 0 Å². The lowest BCUT2D eigenvalue weighted by molar-refractivity contribution is -0.141. The van der Waals surface area contributed by atoms with Crippen LogP contribution in [0.4, 0.5) is 19.0 Å². The maximum Gasteiger partial charge on any atom is 0.433 e. The van der Waals surface area contributed by atoms with E-state index in [1.54, 1.807) is 27.9 Å². The Bertz CT molecular complexity index is 1570. The van der Waals surface area contributed by atoms with Gasteiger partial charge in [-0.2, -0.15) is 18.4 Å². The van der Waals surface area contributed by atoms with Crippen molar-refractivity contribution in [1.29, 1.82) is 5.26 Å². The normalized spacial score (nSPS) is 17.3. The first-order chi connectivity index (χ1) is 16.8. The largest absolute Gasteiger partial charge is 0.475 e. The van der Waals surface area contributed by atoms with Gasteiger partial charge in [0.05, 0.1) is 40.7 Å². The molecule has 4 heterocycles. The minimum absolute atomic E-state index is 0.0226. The molecule has 4 aromatic rings. The summed E-state index contributed by atoms with van der Waals surface area (Å²) in [4.78, 5) is 27.5. The van der Waals surface area contributed by atoms with Gasteiger partial charge in [0.15, 0.2) is 0 Å². The molecule has 35 heavy (non-hydrogen) atoms. The summed E-state index contributed by atoms with van der Waals surface area (Å²) in [5.74, 6) is -0.317. The van der Waals surface area contributed by atoms with Gasteiger partial charge in [0.25, 0.3) is 5.91 Å². The van der Waals surface area contributed by atoms with Gasteiger partial charge in [-0.3, -0.25) is 9.20 Å². The van der Waals surface area contributed by atoms with Gasteiger partial charge in [-0.1, -0.05) is 0 Å². The van der Waals surface area contributed by atoms with Crippen LogP contribution in [0.2, 0.25) is 0 Å². The Balaban J connectivity index is 1.45. The van der Waals surface area contributed by atoms with Gasteiger partial charge in [0, 0.05) is 11.6 Å². The molecule has 1 fully saturated rings. The first-order valence-corrected chi connectivity index (χ1v) is 10.7. The Morgan fingerprint density at radius 2 is 2.03 bits per heavy atom. The summed E-state index contributed by atoms with van der Waals surface area (Å²) in [6, 6.07) is 6.58. The summed E-state index contributed by atoms with van der Waals surface area (Å²) in [6.45, 7) is -0.0226. The molecule has 12 heteroatoms. The fourth-order valence-corrected chi connectivity index (χ4v) is 4.50. The standard InChI is InChI=1S/C23H16F3N7O2/c24-23(25,26)19-4-3-13-18(9-35-21(13)31-19)33(12-1-2-12)22(34)14-6-16-15(5-11(14)7-27)30-20(28)17-8-29-10-32(16)17/h3-6,8,10,12,18H,1-2,9H2,(H2,28,30). The predicted molar refractivity (Wildman–Crippen MR) is 116 cm³/mol. The lowest BCUT2D eigenvalue weighted by atomic mass is 10.0. The first-order valence-electron chi connectivity index (χ1n) is 10.7. The minimum atomic E-state index is -4.61. The molecule has 2 N–H and O–H groups in total. The van der Waals surface area contributed by atoms with Crippen molar-refractivity contribution in [3.63, 3.8) is 0 Å². The molecule has 0 radical (unpaired) electrons. The van der Waals surface area contributed by atoms with E-state index < -0.39 is 23.8 Å². The molecular weight excluding hydrogens is 463 g/mol. The zero-order chi connectivity index (χ0) is 24.5. The van der Waals surface area contributed by atoms with Crippen LogP contribution < -0.4 is 10.5 Å². The number of fused-ring (bicyclic) bond motifs is 4. The number of aromatic nitrogens is 4. The van der Waals surface area contributed by atoms with Crippen LogP contribution in [0.25, 0.3) is 16.6 Å². The number of halogens is 3. The summed E-state index contributed by atoms with van der Waals surface area (Å²) in [6.07, 6.45) is -0.0338. The third-order valence-electron chi connectivity index (χ3n) is 6.29. The van der Waals surface area contributed by atoms with E-state index in [2.05, 4.69) is 21.0 Å². The summed E-state index contributed by atoms with van der Waals surface area (Å²) in [7, 11) is 0. The average Bonchev–Trinajstić information content (AvgIpc) is 3.37. The van der Waals surface area contributed by atoms with E-state index in [0.717, 1.165) is 18.9 Å². The molecule has 2 aliphatic rings. The number of nitrogen functional groups attached to an aromatic ring is 1. The van der Waals surface area contributed by atoms with Crippen LogP contribution in [-0.4, -0.2) is 42.8 Å². The van der Waals surface area contributed by atoms with E-state index in [-0.39, 0.29) is 35.5 Å². The topological polar surface area (TPSA) is 122 Å². The minimum Gasteiger partial charge on any atom is -0.475 e. The lowest BCUT2D eigenvalue weighted by Crippen LogP contribution is -2.38. The van der Waals surface area contributed by atoms with Crippen LogP contribution in [0, 0.1) is 11.3 Å². The zero-order valence-electron chi connectivity index (χ0n) is 18.0. The third kappa shape index (κ3) is 3.30. The lowest BCUT2D eigenvalue weighted by Gasteiger charge is -2.29. The van der Waals surface area contributed by atoms with Crippen molar-refractivity contribution < 1.29 is 22.7 Å². The first kappa shape index (κ1) is 21.2. The second-order valence-corrected chi connectivity index (χ2v) is 8.50. The molecular formula is C23H16F3N7O2. The Labute approximate surface area is 195 Å². The van der Waals surface area contributed by atoms with Crippen LogP contribution in [0.5, 0.6) is 5.88 Å². The van der Waals surface area contributed by atoms with Gasteiger partial charge in [0.2, 0.25) is 5.88 Å². The number of anilines is 1. The average molecular weight is 479 g/mol. The van der Waals surface area contributed by atoms with Gasteiger partial charge in [0.1, 0.15) is 29.7 Å². The number of rotatable bonds is 3. The van der Waals surface area contributed by atoms with Crippen molar-refractivity contribution in [3.05, 3.63) is 59.2 Å². The van der Waals surface area contributed by atoms with Crippen LogP contribution in [0.1, 0.15) is 46.1 Å². The van der Waals surface area contributed by atoms with Crippen molar-refractivity contribution in [2.24, 2.45) is 0 Å². The number of carbonyl (C=O) groups is 1. The number of hydrogen-bond acceptors (Lipinski definition) is 7. The molecule has 1 amide bonds. The number of pyridine rings is 1. The number of imidazole rings is 1. The molecule has 6 rings (SSSR count). The molecule has 1 aliphatic carbocycles. The number of benzene rings is 1. The van der Waals surface area contributed by atoms with E-state index in [1.165, 1.54) is 12.1 Å². The van der Waals surface area contributed by atoms with Gasteiger partial charge in [-0.05, 0) is 37.1 Å². The van der Waals surface area contributed by atoms with E-state index in [4.69, 9.17) is 10.5 Å². The van der Waals surface area contributed by atoms with Crippen LogP contribution >= 0.6 is 0 Å². The van der Waals surface area contributed by atoms with E-state index in [9.17, 15) is 23.2 Å². The maximum atomic E-state index is 13.9. The van der Waals surface area contributed by atoms with Crippen molar-refractivity contribution in [2.45, 2.75) is 31.1 Å². The number of amides is 1. The molecule has 1 atom stereocenters. The highest BCUT2D eigenvalue weighted by Crippen LogP contribution is 2.43. The molecule has 1 aliphatic heterocycles. The molecule has 1 unspecified atom stereocenters. The zero-order valence-corrected chi connectivity index (χ0v) is 18.0. The number of hydrogen-bond donors (Lipinski definition) is 1. The maximum absolute atomic E-state index is 13.9. The summed E-state index contributed by atoms with van der Waals surface area (Å²) < 4.78 is 46.4. The molecule has 0 saturated heterocycles. The van der Waals surface area contributed by atoms with Crippen molar-refractivity contribution in [3.8, 4) is 11.9 Å². The molecule has 0 spiro atoms. The summed E-state index contributed by atoms with van der Waals surface area (Å²) >= 11 is 0. The molecule has 0 bridgehead atoms. The Morgan fingerprint density at radius 1 is 1.23 bits per heavy atom. The molecule has 1 saturated carbocycles. The molecule has 3 aromatic heterocycles. The van der Waals surface area contributed by atoms with Crippen LogP contribution in [0.15, 0.2) is 36.8 Å². The highest BCUT2D eigenvalue weighted by molar-refractivity contribution is 6.01. The summed E-state index contributed by atoms with van der Waals surface area (Å²) in [5.41, 5.74) is 7.15. The Morgan fingerprint density at radius 3 is 2.74 bits per heavy atom. The van der Waals surface area contributed by atoms with Gasteiger partial charge < -0.3 is 15.4 Å². The second kappa shape index (κ2) is 7.30. The molecule has 176 valence electrons. The number of nitrogens with two attached hydrogens (primary N) is 1. The fraction of sp³-hybridized carbons (Fsp3) is 0.261. The molecule has 1 aromatic carbocycles. The van der Waals surface area contributed by atoms with Crippen LogP contribution in [-0.2, 0) is 6.18 Å². The number of ether oxygens (including phenoxy) is 1. The highest BCUT2D eigenvalue weighted by atomic mass is 19.4. The Hall–Kier alpha value is -4.40. The highest BCUT2D eigenvalue weighted by Gasteiger charge is 2.44. The quantitative estimate of drug-likeness (QED) is 0.477. The summed E-state index contributed by atoms with van der Waals surface area (Å²) in [5, 5.41) is 9.80. The number of nitrogens with zero attached hydrogens (tertiary/aromatic N) is 6. The van der Waals surface area contributed by atoms with Gasteiger partial charge >= 0.3 is 6.18 Å². The predicted octanol–water partition coefficient (Wildman–Crippen LogP) is 3.49. The van der Waals surface area contributed by atoms with Crippen molar-refractivity contribution in [1.82, 2.24) is 24.3 Å². The molecule has 9 nitrogen and oxygen atoms in total. The van der Waals surface area contributed by atoms with Crippen molar-refractivity contribution in [2.75, 3.05) is 12.3 Å². The van der Waals surface area contributed by atoms with E-state index in [0.29, 0.717) is 22.1 Å². The smallest absolute Gasteiger partial charge is 0.433 e. The van der Waals surface area contributed by atoms with Crippen LogP contribution in [0.3, 0.4) is 0 Å². The second-order valence-electron chi connectivity index (χ2n) is 8.50.